The molecule has 0 aromatic heterocycles. The van der Waals surface area contributed by atoms with E-state index in [9.17, 15) is 0 Å². The average Bonchev–Trinajstić information content (AvgIpc) is 2.30. The second kappa shape index (κ2) is 6.41. The van der Waals surface area contributed by atoms with Gasteiger partial charge in [-0.2, -0.15) is 23.5 Å². The first kappa shape index (κ1) is 12.1. The Morgan fingerprint density at radius 1 is 1.13 bits per heavy atom. The van der Waals surface area contributed by atoms with Crippen LogP contribution < -0.4 is 5.32 Å². The van der Waals surface area contributed by atoms with Crippen molar-refractivity contribution in [1.82, 2.24) is 5.32 Å². The van der Waals surface area contributed by atoms with Gasteiger partial charge in [-0.3, -0.25) is 0 Å². The van der Waals surface area contributed by atoms with Crippen molar-refractivity contribution < 1.29 is 0 Å². The van der Waals surface area contributed by atoms with Gasteiger partial charge in [-0.05, 0) is 31.6 Å². The Hall–Kier alpha value is 0.660. The summed E-state index contributed by atoms with van der Waals surface area (Å²) >= 11 is 4.30. The Labute approximate surface area is 103 Å². The Morgan fingerprint density at radius 2 is 1.93 bits per heavy atom. The predicted octanol–water partition coefficient (Wildman–Crippen LogP) is 3.00. The molecule has 1 N–H and O–H groups in total. The van der Waals surface area contributed by atoms with E-state index in [0.29, 0.717) is 0 Å². The monoisotopic (exact) mass is 245 g/mol. The highest BCUT2D eigenvalue weighted by Gasteiger charge is 2.20. The minimum atomic E-state index is 0.828. The van der Waals surface area contributed by atoms with Crippen LogP contribution in [0.15, 0.2) is 0 Å². The molecule has 88 valence electrons. The highest BCUT2D eigenvalue weighted by molar-refractivity contribution is 8.06. The molecule has 1 aliphatic carbocycles. The molecule has 1 aliphatic heterocycles. The summed E-state index contributed by atoms with van der Waals surface area (Å²) in [5.41, 5.74) is 0. The maximum absolute atomic E-state index is 3.78. The third-order valence-corrected chi connectivity index (χ3v) is 6.38. The molecule has 0 aromatic rings. The zero-order valence-corrected chi connectivity index (χ0v) is 11.3. The Kier molecular flexibility index (Phi) is 5.18. The summed E-state index contributed by atoms with van der Waals surface area (Å²) in [5, 5.41) is 4.66. The number of rotatable bonds is 3. The molecule has 1 nitrogen and oxygen atoms in total. The van der Waals surface area contributed by atoms with Crippen molar-refractivity contribution in [2.24, 2.45) is 5.92 Å². The van der Waals surface area contributed by atoms with E-state index in [0.717, 1.165) is 17.2 Å². The first-order valence-corrected chi connectivity index (χ1v) is 8.47. The fourth-order valence-electron chi connectivity index (χ4n) is 2.42. The molecule has 1 unspecified atom stereocenters. The van der Waals surface area contributed by atoms with E-state index in [-0.39, 0.29) is 0 Å². The molecule has 0 radical (unpaired) electrons. The van der Waals surface area contributed by atoms with Crippen LogP contribution >= 0.6 is 23.5 Å². The standard InChI is InChI=1S/C12H23NS2/c1-10-2-4-11(5-3-10)13-8-12-9-14-6-7-15-12/h10-13H,2-9H2,1H3. The van der Waals surface area contributed by atoms with Gasteiger partial charge < -0.3 is 5.32 Å². The van der Waals surface area contributed by atoms with Crippen molar-refractivity contribution in [2.75, 3.05) is 23.8 Å². The van der Waals surface area contributed by atoms with Crippen molar-refractivity contribution in [3.8, 4) is 0 Å². The first-order valence-electron chi connectivity index (χ1n) is 6.27. The fourth-order valence-corrected chi connectivity index (χ4v) is 5.04. The van der Waals surface area contributed by atoms with Crippen molar-refractivity contribution in [3.63, 3.8) is 0 Å². The predicted molar refractivity (Wildman–Crippen MR) is 73.0 cm³/mol. The van der Waals surface area contributed by atoms with Crippen LogP contribution in [0.5, 0.6) is 0 Å². The average molecular weight is 245 g/mol. The maximum atomic E-state index is 3.78. The number of nitrogens with one attached hydrogen (secondary N) is 1. The normalized spacial score (nSPS) is 37.8. The van der Waals surface area contributed by atoms with Crippen molar-refractivity contribution in [3.05, 3.63) is 0 Å². The number of hydrogen-bond acceptors (Lipinski definition) is 3. The molecule has 3 heteroatoms. The van der Waals surface area contributed by atoms with E-state index in [4.69, 9.17) is 0 Å². The Morgan fingerprint density at radius 3 is 2.60 bits per heavy atom. The highest BCUT2D eigenvalue weighted by atomic mass is 32.2. The molecule has 1 saturated heterocycles. The van der Waals surface area contributed by atoms with Gasteiger partial charge in [0.15, 0.2) is 0 Å². The van der Waals surface area contributed by atoms with Crippen LogP contribution in [0.4, 0.5) is 0 Å². The molecular formula is C12H23NS2. The molecule has 2 rings (SSSR count). The summed E-state index contributed by atoms with van der Waals surface area (Å²) in [6, 6.07) is 0.828. The molecule has 1 saturated carbocycles. The van der Waals surface area contributed by atoms with Crippen molar-refractivity contribution >= 4 is 23.5 Å². The van der Waals surface area contributed by atoms with Crippen LogP contribution in [-0.2, 0) is 0 Å². The summed E-state index contributed by atoms with van der Waals surface area (Å²) in [5.74, 6) is 5.06. The molecular weight excluding hydrogens is 222 g/mol. The van der Waals surface area contributed by atoms with Crippen molar-refractivity contribution in [1.29, 1.82) is 0 Å². The van der Waals surface area contributed by atoms with Gasteiger partial charge in [-0.15, -0.1) is 0 Å². The SMILES string of the molecule is CC1CCC(NCC2CSCCS2)CC1. The fraction of sp³-hybridized carbons (Fsp3) is 1.00. The quantitative estimate of drug-likeness (QED) is 0.821. The second-order valence-corrected chi connectivity index (χ2v) is 7.49. The Balaban J connectivity index is 1.60. The van der Waals surface area contributed by atoms with Crippen LogP contribution in [-0.4, -0.2) is 35.1 Å². The van der Waals surface area contributed by atoms with E-state index < -0.39 is 0 Å². The molecule has 0 bridgehead atoms. The summed E-state index contributed by atoms with van der Waals surface area (Å²) in [4.78, 5) is 0. The van der Waals surface area contributed by atoms with Gasteiger partial charge >= 0.3 is 0 Å². The van der Waals surface area contributed by atoms with Gasteiger partial charge in [-0.1, -0.05) is 6.92 Å². The molecule has 0 aromatic carbocycles. The molecule has 1 atom stereocenters. The molecule has 0 amide bonds. The number of thioether (sulfide) groups is 2. The van der Waals surface area contributed by atoms with Crippen LogP contribution in [0.2, 0.25) is 0 Å². The lowest BCUT2D eigenvalue weighted by molar-refractivity contribution is 0.309. The summed E-state index contributed by atoms with van der Waals surface area (Å²) in [6.45, 7) is 3.64. The van der Waals surface area contributed by atoms with Crippen LogP contribution in [0, 0.1) is 5.92 Å². The third-order valence-electron chi connectivity index (χ3n) is 3.54. The zero-order chi connectivity index (χ0) is 10.5. The largest absolute Gasteiger partial charge is 0.313 e. The van der Waals surface area contributed by atoms with Gasteiger partial charge in [-0.25, -0.2) is 0 Å². The summed E-state index contributed by atoms with van der Waals surface area (Å²) in [6.07, 6.45) is 5.69. The van der Waals surface area contributed by atoms with Crippen LogP contribution in [0.3, 0.4) is 0 Å². The third kappa shape index (κ3) is 4.20. The molecule has 1 heterocycles. The van der Waals surface area contributed by atoms with E-state index in [1.54, 1.807) is 0 Å². The Bertz CT molecular complexity index is 172. The molecule has 15 heavy (non-hydrogen) atoms. The lowest BCUT2D eigenvalue weighted by Gasteiger charge is -2.29. The van der Waals surface area contributed by atoms with Gasteiger partial charge in [0.1, 0.15) is 0 Å². The highest BCUT2D eigenvalue weighted by Crippen LogP contribution is 2.26. The van der Waals surface area contributed by atoms with Gasteiger partial charge in [0, 0.05) is 35.1 Å². The van der Waals surface area contributed by atoms with Gasteiger partial charge in [0.25, 0.3) is 0 Å². The minimum absolute atomic E-state index is 0.828. The summed E-state index contributed by atoms with van der Waals surface area (Å²) < 4.78 is 0. The van der Waals surface area contributed by atoms with Gasteiger partial charge in [0.2, 0.25) is 0 Å². The van der Waals surface area contributed by atoms with E-state index >= 15 is 0 Å². The smallest absolute Gasteiger partial charge is 0.0263 e. The lowest BCUT2D eigenvalue weighted by atomic mass is 9.87. The van der Waals surface area contributed by atoms with Gasteiger partial charge in [0.05, 0.1) is 0 Å². The van der Waals surface area contributed by atoms with Crippen LogP contribution in [0.1, 0.15) is 32.6 Å². The van der Waals surface area contributed by atoms with E-state index in [2.05, 4.69) is 35.8 Å². The minimum Gasteiger partial charge on any atom is -0.313 e. The topological polar surface area (TPSA) is 12.0 Å². The van der Waals surface area contributed by atoms with Crippen molar-refractivity contribution in [2.45, 2.75) is 43.9 Å². The maximum Gasteiger partial charge on any atom is 0.0263 e. The molecule has 2 fully saturated rings. The molecule has 2 aliphatic rings. The van der Waals surface area contributed by atoms with Crippen LogP contribution in [0.25, 0.3) is 0 Å². The zero-order valence-electron chi connectivity index (χ0n) is 9.71. The molecule has 0 spiro atoms. The second-order valence-electron chi connectivity index (χ2n) is 4.93. The number of hydrogen-bond donors (Lipinski definition) is 1. The summed E-state index contributed by atoms with van der Waals surface area (Å²) in [7, 11) is 0. The van der Waals surface area contributed by atoms with E-state index in [1.165, 1.54) is 49.5 Å². The first-order chi connectivity index (χ1) is 7.34. The lowest BCUT2D eigenvalue weighted by Crippen LogP contribution is -2.38. The van der Waals surface area contributed by atoms with E-state index in [1.807, 2.05) is 0 Å².